The Bertz CT molecular complexity index is 393. The van der Waals surface area contributed by atoms with Crippen LogP contribution in [0.3, 0.4) is 0 Å². The fourth-order valence-corrected chi connectivity index (χ4v) is 1.29. The maximum Gasteiger partial charge on any atom is 0.326 e. The maximum absolute atomic E-state index is 11.4. The van der Waals surface area contributed by atoms with Crippen LogP contribution < -0.4 is 16.8 Å². The summed E-state index contributed by atoms with van der Waals surface area (Å²) in [4.78, 5) is 36.3. The van der Waals surface area contributed by atoms with Crippen LogP contribution in [0.5, 0.6) is 0 Å². The number of aliphatic imine (C=N–C) groups is 1. The number of aliphatic hydroxyl groups excluding tert-OH is 1. The van der Waals surface area contributed by atoms with Crippen LogP contribution in [0.4, 0.5) is 0 Å². The number of aliphatic hydroxyl groups is 1. The van der Waals surface area contributed by atoms with Gasteiger partial charge < -0.3 is 32.1 Å². The third kappa shape index (κ3) is 7.87. The summed E-state index contributed by atoms with van der Waals surface area (Å²) in [5.74, 6) is -3.85. The van der Waals surface area contributed by atoms with Crippen molar-refractivity contribution < 1.29 is 29.7 Å². The topological polar surface area (TPSA) is 188 Å². The van der Waals surface area contributed by atoms with E-state index < -0.39 is 36.4 Å². The minimum atomic E-state index is -1.80. The Labute approximate surface area is 114 Å². The summed E-state index contributed by atoms with van der Waals surface area (Å²) in [5.41, 5.74) is 10.2. The van der Waals surface area contributed by atoms with Crippen molar-refractivity contribution in [3.63, 3.8) is 0 Å². The Kier molecular flexibility index (Phi) is 7.67. The zero-order chi connectivity index (χ0) is 15.7. The average molecular weight is 290 g/mol. The van der Waals surface area contributed by atoms with E-state index in [1.807, 2.05) is 5.32 Å². The van der Waals surface area contributed by atoms with Crippen molar-refractivity contribution >= 4 is 23.8 Å². The van der Waals surface area contributed by atoms with Crippen molar-refractivity contribution in [1.29, 1.82) is 0 Å². The molecular weight excluding hydrogens is 272 g/mol. The predicted molar refractivity (Wildman–Crippen MR) is 67.7 cm³/mol. The highest BCUT2D eigenvalue weighted by Gasteiger charge is 2.24. The number of carboxylic acids is 2. The molecule has 0 fully saturated rings. The summed E-state index contributed by atoms with van der Waals surface area (Å²) in [6, 6.07) is -1.25. The molecule has 114 valence electrons. The van der Waals surface area contributed by atoms with Gasteiger partial charge in [0.25, 0.3) is 0 Å². The van der Waals surface area contributed by atoms with Crippen molar-refractivity contribution in [2.45, 2.75) is 31.4 Å². The quantitative estimate of drug-likeness (QED) is 0.152. The SMILES string of the molecule is NC(N)=NCCCC(NC(=O)C(O)CC(=O)O)C(=O)O. The summed E-state index contributed by atoms with van der Waals surface area (Å²) in [6.45, 7) is 0.194. The number of hydrogen-bond donors (Lipinski definition) is 6. The minimum absolute atomic E-state index is 0.0393. The highest BCUT2D eigenvalue weighted by molar-refractivity contribution is 5.88. The Balaban J connectivity index is 4.33. The minimum Gasteiger partial charge on any atom is -0.481 e. The first-order chi connectivity index (χ1) is 9.23. The van der Waals surface area contributed by atoms with E-state index in [0.717, 1.165) is 0 Å². The average Bonchev–Trinajstić information content (AvgIpc) is 2.31. The molecule has 2 atom stereocenters. The number of nitrogens with zero attached hydrogens (tertiary/aromatic N) is 1. The fraction of sp³-hybridized carbons (Fsp3) is 0.600. The molecule has 0 saturated carbocycles. The van der Waals surface area contributed by atoms with Gasteiger partial charge in [-0.05, 0) is 12.8 Å². The van der Waals surface area contributed by atoms with Crippen LogP contribution in [0, 0.1) is 0 Å². The highest BCUT2D eigenvalue weighted by Crippen LogP contribution is 2.01. The molecule has 8 N–H and O–H groups in total. The number of rotatable bonds is 9. The number of carbonyl (C=O) groups excluding carboxylic acids is 1. The van der Waals surface area contributed by atoms with Crippen LogP contribution >= 0.6 is 0 Å². The van der Waals surface area contributed by atoms with Gasteiger partial charge >= 0.3 is 11.9 Å². The second-order valence-corrected chi connectivity index (χ2v) is 3.96. The summed E-state index contributed by atoms with van der Waals surface area (Å²) >= 11 is 0. The van der Waals surface area contributed by atoms with E-state index in [2.05, 4.69) is 4.99 Å². The van der Waals surface area contributed by atoms with Crippen molar-refractivity contribution in [2.24, 2.45) is 16.5 Å². The smallest absolute Gasteiger partial charge is 0.326 e. The van der Waals surface area contributed by atoms with Gasteiger partial charge in [-0.15, -0.1) is 0 Å². The summed E-state index contributed by atoms with van der Waals surface area (Å²) in [5, 5.41) is 28.6. The first-order valence-electron chi connectivity index (χ1n) is 5.72. The van der Waals surface area contributed by atoms with Gasteiger partial charge in [0.05, 0.1) is 6.42 Å². The van der Waals surface area contributed by atoms with Gasteiger partial charge in [-0.2, -0.15) is 0 Å². The standard InChI is InChI=1S/C10H18N4O6/c11-10(12)13-3-1-2-5(9(19)20)14-8(18)6(15)4-7(16)17/h5-6,15H,1-4H2,(H,14,18)(H,16,17)(H,19,20)(H4,11,12,13). The van der Waals surface area contributed by atoms with Gasteiger partial charge in [0, 0.05) is 6.54 Å². The van der Waals surface area contributed by atoms with E-state index in [4.69, 9.17) is 21.7 Å². The molecule has 0 spiro atoms. The molecule has 0 aromatic carbocycles. The van der Waals surface area contributed by atoms with Crippen LogP contribution in [-0.4, -0.2) is 57.8 Å². The molecule has 0 aliphatic heterocycles. The lowest BCUT2D eigenvalue weighted by Crippen LogP contribution is -2.46. The number of nitrogens with one attached hydrogen (secondary N) is 1. The van der Waals surface area contributed by atoms with Gasteiger partial charge in [-0.1, -0.05) is 0 Å². The molecule has 2 unspecified atom stereocenters. The number of aliphatic carboxylic acids is 2. The van der Waals surface area contributed by atoms with E-state index in [1.165, 1.54) is 0 Å². The van der Waals surface area contributed by atoms with E-state index in [1.54, 1.807) is 0 Å². The number of carboxylic acid groups (broad SMARTS) is 2. The number of nitrogens with two attached hydrogens (primary N) is 2. The number of hydrogen-bond acceptors (Lipinski definition) is 5. The summed E-state index contributed by atoms with van der Waals surface area (Å²) in [6.07, 6.45) is -2.26. The number of guanidine groups is 1. The molecule has 10 nitrogen and oxygen atoms in total. The van der Waals surface area contributed by atoms with E-state index in [0.29, 0.717) is 6.42 Å². The molecule has 20 heavy (non-hydrogen) atoms. The Morgan fingerprint density at radius 1 is 1.20 bits per heavy atom. The van der Waals surface area contributed by atoms with Crippen LogP contribution in [-0.2, 0) is 14.4 Å². The Hall–Kier alpha value is -2.36. The van der Waals surface area contributed by atoms with Crippen molar-refractivity contribution in [3.05, 3.63) is 0 Å². The highest BCUT2D eigenvalue weighted by atomic mass is 16.4. The van der Waals surface area contributed by atoms with E-state index in [9.17, 15) is 19.5 Å². The third-order valence-electron chi connectivity index (χ3n) is 2.23. The molecule has 0 aliphatic carbocycles. The van der Waals surface area contributed by atoms with E-state index in [-0.39, 0.29) is 18.9 Å². The fourth-order valence-electron chi connectivity index (χ4n) is 1.29. The third-order valence-corrected chi connectivity index (χ3v) is 2.23. The molecule has 0 aromatic rings. The Morgan fingerprint density at radius 2 is 1.80 bits per heavy atom. The van der Waals surface area contributed by atoms with E-state index >= 15 is 0 Å². The molecule has 0 rings (SSSR count). The van der Waals surface area contributed by atoms with Gasteiger partial charge in [0.2, 0.25) is 5.91 Å². The molecule has 0 bridgehead atoms. The molecule has 10 heteroatoms. The molecule has 1 amide bonds. The monoisotopic (exact) mass is 290 g/mol. The van der Waals surface area contributed by atoms with Gasteiger partial charge in [-0.25, -0.2) is 4.79 Å². The van der Waals surface area contributed by atoms with Crippen LogP contribution in [0.2, 0.25) is 0 Å². The molecular formula is C10H18N4O6. The normalized spacial score (nSPS) is 13.1. The number of amides is 1. The van der Waals surface area contributed by atoms with Crippen LogP contribution in [0.1, 0.15) is 19.3 Å². The molecule has 0 radical (unpaired) electrons. The second kappa shape index (κ2) is 8.69. The Morgan fingerprint density at radius 3 is 2.25 bits per heavy atom. The van der Waals surface area contributed by atoms with Crippen molar-refractivity contribution in [2.75, 3.05) is 6.54 Å². The van der Waals surface area contributed by atoms with Crippen molar-refractivity contribution in [1.82, 2.24) is 5.32 Å². The lowest BCUT2D eigenvalue weighted by Gasteiger charge is -2.16. The summed E-state index contributed by atoms with van der Waals surface area (Å²) < 4.78 is 0. The lowest BCUT2D eigenvalue weighted by molar-refractivity contribution is -0.146. The molecule has 0 saturated heterocycles. The van der Waals surface area contributed by atoms with Gasteiger partial charge in [0.1, 0.15) is 12.1 Å². The van der Waals surface area contributed by atoms with Crippen LogP contribution in [0.25, 0.3) is 0 Å². The first-order valence-corrected chi connectivity index (χ1v) is 5.72. The zero-order valence-corrected chi connectivity index (χ0v) is 10.7. The molecule has 0 aromatic heterocycles. The van der Waals surface area contributed by atoms with Gasteiger partial charge in [0.15, 0.2) is 5.96 Å². The second-order valence-electron chi connectivity index (χ2n) is 3.96. The lowest BCUT2D eigenvalue weighted by atomic mass is 10.1. The molecule has 0 aliphatic rings. The first kappa shape index (κ1) is 17.6. The predicted octanol–water partition coefficient (Wildman–Crippen LogP) is -2.55. The van der Waals surface area contributed by atoms with Crippen LogP contribution in [0.15, 0.2) is 4.99 Å². The number of carbonyl (C=O) groups is 3. The molecule has 0 heterocycles. The zero-order valence-electron chi connectivity index (χ0n) is 10.7. The largest absolute Gasteiger partial charge is 0.481 e. The summed E-state index contributed by atoms with van der Waals surface area (Å²) in [7, 11) is 0. The van der Waals surface area contributed by atoms with Gasteiger partial charge in [-0.3, -0.25) is 14.6 Å². The maximum atomic E-state index is 11.4. The van der Waals surface area contributed by atoms with Crippen molar-refractivity contribution in [3.8, 4) is 0 Å².